The minimum atomic E-state index is -0.247. The van der Waals surface area contributed by atoms with Crippen molar-refractivity contribution < 1.29 is 4.79 Å². The lowest BCUT2D eigenvalue weighted by Crippen LogP contribution is -2.29. The van der Waals surface area contributed by atoms with E-state index in [1.54, 1.807) is 24.2 Å². The molecule has 4 aromatic rings. The number of pyridine rings is 1. The molecule has 154 valence electrons. The summed E-state index contributed by atoms with van der Waals surface area (Å²) in [5, 5.41) is 8.16. The van der Waals surface area contributed by atoms with E-state index < -0.39 is 0 Å². The van der Waals surface area contributed by atoms with E-state index in [0.29, 0.717) is 17.3 Å². The van der Waals surface area contributed by atoms with Crippen LogP contribution in [0.2, 0.25) is 5.02 Å². The average molecular weight is 447 g/mol. The number of hydrogen-bond acceptors (Lipinski definition) is 4. The number of carbonyl (C=O) groups excluding carboxylic acids is 1. The van der Waals surface area contributed by atoms with E-state index in [0.717, 1.165) is 27.9 Å². The van der Waals surface area contributed by atoms with E-state index >= 15 is 0 Å². The van der Waals surface area contributed by atoms with Gasteiger partial charge in [0.25, 0.3) is 5.91 Å². The summed E-state index contributed by atoms with van der Waals surface area (Å²) in [6, 6.07) is 19.5. The third-order valence-electron chi connectivity index (χ3n) is 5.49. The molecule has 7 heteroatoms. The van der Waals surface area contributed by atoms with Gasteiger partial charge in [0.05, 0.1) is 11.7 Å². The number of amides is 1. The molecule has 2 aromatic heterocycles. The van der Waals surface area contributed by atoms with Crippen molar-refractivity contribution in [3.05, 3.63) is 100 Å². The number of aromatic amines is 1. The lowest BCUT2D eigenvalue weighted by atomic mass is 9.96. The molecule has 1 N–H and O–H groups in total. The van der Waals surface area contributed by atoms with Crippen LogP contribution in [0, 0.1) is 0 Å². The fraction of sp³-hybridized carbons (Fsp3) is 0.125. The van der Waals surface area contributed by atoms with Crippen molar-refractivity contribution in [2.24, 2.45) is 0 Å². The first kappa shape index (κ1) is 19.8. The number of benzene rings is 2. The van der Waals surface area contributed by atoms with Crippen LogP contribution in [0.25, 0.3) is 11.3 Å². The molecule has 5 rings (SSSR count). The molecule has 31 heavy (non-hydrogen) atoms. The molecule has 2 aromatic carbocycles. The van der Waals surface area contributed by atoms with Gasteiger partial charge in [-0.1, -0.05) is 41.9 Å². The Kier molecular flexibility index (Phi) is 5.26. The van der Waals surface area contributed by atoms with Gasteiger partial charge in [0, 0.05) is 40.0 Å². The maximum atomic E-state index is 13.4. The third-order valence-corrected chi connectivity index (χ3v) is 6.48. The highest BCUT2D eigenvalue weighted by atomic mass is 35.5. The summed E-state index contributed by atoms with van der Waals surface area (Å²) in [6.45, 7) is 0.462. The number of hydrogen-bond donors (Lipinski definition) is 1. The monoisotopic (exact) mass is 446 g/mol. The zero-order valence-corrected chi connectivity index (χ0v) is 18.3. The minimum Gasteiger partial charge on any atom is -0.322 e. The van der Waals surface area contributed by atoms with Crippen LogP contribution >= 0.6 is 23.4 Å². The van der Waals surface area contributed by atoms with Gasteiger partial charge in [-0.25, -0.2) is 0 Å². The Hall–Kier alpha value is -3.09. The Morgan fingerprint density at radius 1 is 1.10 bits per heavy atom. The molecule has 1 aliphatic heterocycles. The predicted molar refractivity (Wildman–Crippen MR) is 123 cm³/mol. The Labute approximate surface area is 189 Å². The number of nitrogens with zero attached hydrogens (tertiary/aromatic N) is 3. The second kappa shape index (κ2) is 8.21. The van der Waals surface area contributed by atoms with E-state index in [2.05, 4.69) is 45.7 Å². The van der Waals surface area contributed by atoms with Gasteiger partial charge in [0.1, 0.15) is 5.69 Å². The summed E-state index contributed by atoms with van der Waals surface area (Å²) >= 11 is 7.77. The number of nitrogens with one attached hydrogen (secondary N) is 1. The van der Waals surface area contributed by atoms with Gasteiger partial charge in [-0.05, 0) is 47.7 Å². The fourth-order valence-electron chi connectivity index (χ4n) is 4.01. The minimum absolute atomic E-state index is 0.0643. The number of thioether (sulfide) groups is 1. The van der Waals surface area contributed by atoms with Gasteiger partial charge < -0.3 is 4.90 Å². The summed E-state index contributed by atoms with van der Waals surface area (Å²) in [6.07, 6.45) is 5.58. The number of aromatic nitrogens is 3. The molecule has 0 saturated heterocycles. The van der Waals surface area contributed by atoms with E-state index in [1.165, 1.54) is 4.90 Å². The molecule has 0 bridgehead atoms. The molecule has 3 heterocycles. The SMILES string of the molecule is CSc1ccc(C2c3c(-c4ccc(Cl)cc4)n[nH]c3C(=O)N2Cc2cccnc2)cc1. The van der Waals surface area contributed by atoms with E-state index in [1.807, 2.05) is 41.3 Å². The van der Waals surface area contributed by atoms with Crippen LogP contribution in [0.1, 0.15) is 33.2 Å². The van der Waals surface area contributed by atoms with Gasteiger partial charge >= 0.3 is 0 Å². The maximum absolute atomic E-state index is 13.4. The Morgan fingerprint density at radius 2 is 1.87 bits per heavy atom. The van der Waals surface area contributed by atoms with Crippen LogP contribution < -0.4 is 0 Å². The molecular formula is C24H19ClN4OS. The number of H-pyrrole nitrogens is 1. The average Bonchev–Trinajstić information content (AvgIpc) is 3.35. The van der Waals surface area contributed by atoms with Crippen molar-refractivity contribution in [3.8, 4) is 11.3 Å². The Morgan fingerprint density at radius 3 is 2.55 bits per heavy atom. The van der Waals surface area contributed by atoms with Crippen molar-refractivity contribution in [1.82, 2.24) is 20.1 Å². The third kappa shape index (κ3) is 3.62. The van der Waals surface area contributed by atoms with Crippen molar-refractivity contribution in [3.63, 3.8) is 0 Å². The first-order valence-corrected chi connectivity index (χ1v) is 11.4. The number of carbonyl (C=O) groups is 1. The highest BCUT2D eigenvalue weighted by Crippen LogP contribution is 2.43. The largest absolute Gasteiger partial charge is 0.322 e. The Balaban J connectivity index is 1.63. The molecule has 1 aliphatic rings. The Bertz CT molecular complexity index is 1220. The second-order valence-electron chi connectivity index (χ2n) is 7.34. The van der Waals surface area contributed by atoms with Gasteiger partial charge in [-0.15, -0.1) is 11.8 Å². The maximum Gasteiger partial charge on any atom is 0.273 e. The number of rotatable bonds is 5. The quantitative estimate of drug-likeness (QED) is 0.406. The molecule has 1 atom stereocenters. The van der Waals surface area contributed by atoms with Crippen LogP contribution in [0.15, 0.2) is 78.0 Å². The van der Waals surface area contributed by atoms with Gasteiger partial charge in [-0.2, -0.15) is 5.10 Å². The summed E-state index contributed by atoms with van der Waals surface area (Å²) in [5.41, 5.74) is 5.15. The smallest absolute Gasteiger partial charge is 0.273 e. The standard InChI is InChI=1S/C24H19ClN4OS/c1-31-19-10-6-17(7-11-19)23-20-21(16-4-8-18(25)9-5-16)27-28-22(20)24(30)29(23)14-15-3-2-12-26-13-15/h2-13,23H,14H2,1H3,(H,27,28). The molecule has 0 spiro atoms. The molecular weight excluding hydrogens is 428 g/mol. The first-order valence-electron chi connectivity index (χ1n) is 9.83. The zero-order valence-electron chi connectivity index (χ0n) is 16.7. The molecule has 1 unspecified atom stereocenters. The lowest BCUT2D eigenvalue weighted by molar-refractivity contribution is 0.0730. The second-order valence-corrected chi connectivity index (χ2v) is 8.65. The number of fused-ring (bicyclic) bond motifs is 1. The topological polar surface area (TPSA) is 61.9 Å². The molecule has 1 amide bonds. The summed E-state index contributed by atoms with van der Waals surface area (Å²) in [4.78, 5) is 20.7. The van der Waals surface area contributed by atoms with Gasteiger partial charge in [0.15, 0.2) is 0 Å². The van der Waals surface area contributed by atoms with E-state index in [9.17, 15) is 4.79 Å². The lowest BCUT2D eigenvalue weighted by Gasteiger charge is -2.26. The summed E-state index contributed by atoms with van der Waals surface area (Å²) < 4.78 is 0. The molecule has 0 saturated carbocycles. The van der Waals surface area contributed by atoms with E-state index in [-0.39, 0.29) is 11.9 Å². The van der Waals surface area contributed by atoms with Crippen molar-refractivity contribution in [2.75, 3.05) is 6.26 Å². The van der Waals surface area contributed by atoms with Gasteiger partial charge in [0.2, 0.25) is 0 Å². The molecule has 0 fully saturated rings. The summed E-state index contributed by atoms with van der Waals surface area (Å²) in [7, 11) is 0. The van der Waals surface area contributed by atoms with Crippen molar-refractivity contribution in [1.29, 1.82) is 0 Å². The van der Waals surface area contributed by atoms with Crippen molar-refractivity contribution in [2.45, 2.75) is 17.5 Å². The van der Waals surface area contributed by atoms with Crippen LogP contribution in [-0.4, -0.2) is 32.2 Å². The van der Waals surface area contributed by atoms with E-state index in [4.69, 9.17) is 11.6 Å². The molecule has 0 aliphatic carbocycles. The molecule has 5 nitrogen and oxygen atoms in total. The van der Waals surface area contributed by atoms with Crippen LogP contribution in [0.4, 0.5) is 0 Å². The highest BCUT2D eigenvalue weighted by molar-refractivity contribution is 7.98. The van der Waals surface area contributed by atoms with Gasteiger partial charge in [-0.3, -0.25) is 14.9 Å². The summed E-state index contributed by atoms with van der Waals surface area (Å²) in [5.74, 6) is -0.0643. The molecule has 0 radical (unpaired) electrons. The predicted octanol–water partition coefficient (Wildman–Crippen LogP) is 5.59. The van der Waals surface area contributed by atoms with Crippen molar-refractivity contribution >= 4 is 29.3 Å². The zero-order chi connectivity index (χ0) is 21.4. The first-order chi connectivity index (χ1) is 15.2. The highest BCUT2D eigenvalue weighted by Gasteiger charge is 2.42. The van der Waals surface area contributed by atoms with Crippen LogP contribution in [0.3, 0.4) is 0 Å². The van der Waals surface area contributed by atoms with Crippen LogP contribution in [0.5, 0.6) is 0 Å². The fourth-order valence-corrected chi connectivity index (χ4v) is 4.54. The van der Waals surface area contributed by atoms with Crippen LogP contribution in [-0.2, 0) is 6.54 Å². The normalized spacial score (nSPS) is 15.4. The number of halogens is 1.